The highest BCUT2D eigenvalue weighted by atomic mass is 16.3. The van der Waals surface area contributed by atoms with Gasteiger partial charge in [0.2, 0.25) is 0 Å². The van der Waals surface area contributed by atoms with Crippen LogP contribution in [0.5, 0.6) is 0 Å². The number of rotatable bonds is 7. The summed E-state index contributed by atoms with van der Waals surface area (Å²) in [4.78, 5) is 2.45. The number of nitrogens with two attached hydrogens (primary N) is 1. The van der Waals surface area contributed by atoms with Crippen molar-refractivity contribution in [1.29, 1.82) is 0 Å². The fourth-order valence-electron chi connectivity index (χ4n) is 2.07. The molecule has 3 nitrogen and oxygen atoms in total. The molecule has 0 unspecified atom stereocenters. The van der Waals surface area contributed by atoms with E-state index >= 15 is 0 Å². The molecule has 3 heteroatoms. The first kappa shape index (κ1) is 14.3. The predicted molar refractivity (Wildman–Crippen MR) is 71.6 cm³/mol. The lowest BCUT2D eigenvalue weighted by atomic mass is 10.1. The Hall–Kier alpha value is -0.800. The SMILES string of the molecule is CC(C)CN(Cc1cc(CN)co1)CC(C)C. The average molecular weight is 238 g/mol. The summed E-state index contributed by atoms with van der Waals surface area (Å²) in [7, 11) is 0. The van der Waals surface area contributed by atoms with E-state index in [1.807, 2.05) is 0 Å². The predicted octanol–water partition coefficient (Wildman–Crippen LogP) is 2.85. The van der Waals surface area contributed by atoms with E-state index in [0.29, 0.717) is 18.4 Å². The van der Waals surface area contributed by atoms with E-state index in [2.05, 4.69) is 38.7 Å². The number of furan rings is 1. The molecule has 0 aliphatic carbocycles. The quantitative estimate of drug-likeness (QED) is 0.794. The molecule has 2 N–H and O–H groups in total. The summed E-state index contributed by atoms with van der Waals surface area (Å²) < 4.78 is 5.53. The second-order valence-electron chi connectivity index (χ2n) is 5.61. The fraction of sp³-hybridized carbons (Fsp3) is 0.714. The zero-order valence-corrected chi connectivity index (χ0v) is 11.6. The second-order valence-corrected chi connectivity index (χ2v) is 5.61. The van der Waals surface area contributed by atoms with Gasteiger partial charge < -0.3 is 10.2 Å². The molecule has 0 atom stereocenters. The Bertz CT molecular complexity index is 308. The van der Waals surface area contributed by atoms with Crippen molar-refractivity contribution in [2.75, 3.05) is 13.1 Å². The summed E-state index contributed by atoms with van der Waals surface area (Å²) in [6.07, 6.45) is 1.76. The average Bonchev–Trinajstić information content (AvgIpc) is 2.63. The van der Waals surface area contributed by atoms with Crippen LogP contribution in [0.25, 0.3) is 0 Å². The fourth-order valence-corrected chi connectivity index (χ4v) is 2.07. The van der Waals surface area contributed by atoms with Gasteiger partial charge in [-0.1, -0.05) is 27.7 Å². The zero-order chi connectivity index (χ0) is 12.8. The molecule has 1 heterocycles. The van der Waals surface area contributed by atoms with Crippen molar-refractivity contribution in [3.8, 4) is 0 Å². The molecule has 98 valence electrons. The first-order valence-electron chi connectivity index (χ1n) is 6.50. The monoisotopic (exact) mass is 238 g/mol. The minimum absolute atomic E-state index is 0.553. The van der Waals surface area contributed by atoms with Gasteiger partial charge in [0.05, 0.1) is 12.8 Å². The molecular weight excluding hydrogens is 212 g/mol. The van der Waals surface area contributed by atoms with Gasteiger partial charge in [-0.3, -0.25) is 4.90 Å². The molecular formula is C14H26N2O. The molecule has 0 amide bonds. The van der Waals surface area contributed by atoms with Crippen LogP contribution >= 0.6 is 0 Å². The van der Waals surface area contributed by atoms with Crippen molar-refractivity contribution in [1.82, 2.24) is 4.90 Å². The Balaban J connectivity index is 2.57. The normalized spacial score (nSPS) is 12.0. The van der Waals surface area contributed by atoms with Crippen molar-refractivity contribution >= 4 is 0 Å². The van der Waals surface area contributed by atoms with E-state index in [4.69, 9.17) is 10.2 Å². The van der Waals surface area contributed by atoms with Gasteiger partial charge in [0.15, 0.2) is 0 Å². The molecule has 0 bridgehead atoms. The van der Waals surface area contributed by atoms with Crippen LogP contribution in [0.2, 0.25) is 0 Å². The van der Waals surface area contributed by atoms with Gasteiger partial charge in [-0.05, 0) is 17.9 Å². The third-order valence-corrected chi connectivity index (χ3v) is 2.57. The summed E-state index contributed by atoms with van der Waals surface area (Å²) in [5.74, 6) is 2.38. The van der Waals surface area contributed by atoms with Gasteiger partial charge in [-0.25, -0.2) is 0 Å². The smallest absolute Gasteiger partial charge is 0.118 e. The summed E-state index contributed by atoms with van der Waals surface area (Å²) in [5.41, 5.74) is 6.66. The van der Waals surface area contributed by atoms with E-state index in [0.717, 1.165) is 31.0 Å². The van der Waals surface area contributed by atoms with Gasteiger partial charge in [0.1, 0.15) is 5.76 Å². The largest absolute Gasteiger partial charge is 0.468 e. The highest BCUT2D eigenvalue weighted by Crippen LogP contribution is 2.13. The molecule has 0 aromatic carbocycles. The van der Waals surface area contributed by atoms with Crippen LogP contribution in [0.4, 0.5) is 0 Å². The van der Waals surface area contributed by atoms with Crippen LogP contribution < -0.4 is 5.73 Å². The van der Waals surface area contributed by atoms with Crippen LogP contribution in [0.1, 0.15) is 39.0 Å². The third-order valence-electron chi connectivity index (χ3n) is 2.57. The summed E-state index contributed by atoms with van der Waals surface area (Å²) >= 11 is 0. The maximum Gasteiger partial charge on any atom is 0.118 e. The number of hydrogen-bond acceptors (Lipinski definition) is 3. The maximum absolute atomic E-state index is 5.58. The van der Waals surface area contributed by atoms with Crippen molar-refractivity contribution in [2.24, 2.45) is 17.6 Å². The molecule has 1 aromatic heterocycles. The zero-order valence-electron chi connectivity index (χ0n) is 11.6. The molecule has 17 heavy (non-hydrogen) atoms. The highest BCUT2D eigenvalue weighted by Gasteiger charge is 2.12. The van der Waals surface area contributed by atoms with Crippen LogP contribution in [0.3, 0.4) is 0 Å². The molecule has 0 saturated heterocycles. The van der Waals surface area contributed by atoms with Gasteiger partial charge >= 0.3 is 0 Å². The molecule has 0 fully saturated rings. The van der Waals surface area contributed by atoms with E-state index < -0.39 is 0 Å². The number of nitrogens with zero attached hydrogens (tertiary/aromatic N) is 1. The van der Waals surface area contributed by atoms with Gasteiger partial charge in [-0.15, -0.1) is 0 Å². The standard InChI is InChI=1S/C14H26N2O/c1-11(2)7-16(8-12(3)4)9-14-5-13(6-15)10-17-14/h5,10-12H,6-9,15H2,1-4H3. The molecule has 1 rings (SSSR count). The van der Waals surface area contributed by atoms with E-state index in [1.54, 1.807) is 6.26 Å². The van der Waals surface area contributed by atoms with Crippen LogP contribution in [0.15, 0.2) is 16.7 Å². The minimum Gasteiger partial charge on any atom is -0.468 e. The van der Waals surface area contributed by atoms with Gasteiger partial charge in [-0.2, -0.15) is 0 Å². The Morgan fingerprint density at radius 3 is 2.18 bits per heavy atom. The van der Waals surface area contributed by atoms with Crippen molar-refractivity contribution in [3.05, 3.63) is 23.7 Å². The highest BCUT2D eigenvalue weighted by molar-refractivity contribution is 5.12. The molecule has 0 aliphatic rings. The summed E-state index contributed by atoms with van der Waals surface area (Å²) in [6.45, 7) is 12.7. The topological polar surface area (TPSA) is 42.4 Å². The Morgan fingerprint density at radius 2 is 1.76 bits per heavy atom. The lowest BCUT2D eigenvalue weighted by molar-refractivity contribution is 0.197. The van der Waals surface area contributed by atoms with Crippen LogP contribution in [-0.4, -0.2) is 18.0 Å². The molecule has 0 radical (unpaired) electrons. The summed E-state index contributed by atoms with van der Waals surface area (Å²) in [6, 6.07) is 2.06. The van der Waals surface area contributed by atoms with E-state index in [9.17, 15) is 0 Å². The van der Waals surface area contributed by atoms with E-state index in [-0.39, 0.29) is 0 Å². The van der Waals surface area contributed by atoms with Crippen molar-refractivity contribution < 1.29 is 4.42 Å². The third kappa shape index (κ3) is 5.37. The van der Waals surface area contributed by atoms with Crippen LogP contribution in [-0.2, 0) is 13.1 Å². The Labute approximate surface area is 105 Å². The second kappa shape index (κ2) is 6.82. The molecule has 0 saturated carbocycles. The first-order valence-corrected chi connectivity index (χ1v) is 6.50. The Morgan fingerprint density at radius 1 is 1.18 bits per heavy atom. The lowest BCUT2D eigenvalue weighted by Gasteiger charge is -2.25. The van der Waals surface area contributed by atoms with Crippen LogP contribution in [0, 0.1) is 11.8 Å². The maximum atomic E-state index is 5.58. The minimum atomic E-state index is 0.553. The molecule has 0 aliphatic heterocycles. The van der Waals surface area contributed by atoms with Crippen molar-refractivity contribution in [2.45, 2.75) is 40.8 Å². The lowest BCUT2D eigenvalue weighted by Crippen LogP contribution is -2.30. The first-order chi connectivity index (χ1) is 8.01. The Kier molecular flexibility index (Phi) is 5.72. The van der Waals surface area contributed by atoms with Gasteiger partial charge in [0.25, 0.3) is 0 Å². The molecule has 0 spiro atoms. The summed E-state index contributed by atoms with van der Waals surface area (Å²) in [5, 5.41) is 0. The van der Waals surface area contributed by atoms with E-state index in [1.165, 1.54) is 0 Å². The van der Waals surface area contributed by atoms with Gasteiger partial charge in [0, 0.05) is 25.2 Å². The number of hydrogen-bond donors (Lipinski definition) is 1. The van der Waals surface area contributed by atoms with Crippen molar-refractivity contribution in [3.63, 3.8) is 0 Å². The molecule has 1 aromatic rings.